The molecule has 4 rings (SSSR count). The van der Waals surface area contributed by atoms with Gasteiger partial charge >= 0.3 is 0 Å². The van der Waals surface area contributed by atoms with Crippen LogP contribution < -0.4 is 10.9 Å². The molecule has 0 radical (unpaired) electrons. The Morgan fingerprint density at radius 1 is 1.25 bits per heavy atom. The van der Waals surface area contributed by atoms with Crippen molar-refractivity contribution in [2.45, 2.75) is 45.1 Å². The number of nitrogens with zero attached hydrogens (tertiary/aromatic N) is 3. The van der Waals surface area contributed by atoms with Gasteiger partial charge in [-0.15, -0.1) is 0 Å². The van der Waals surface area contributed by atoms with Crippen LogP contribution in [0.5, 0.6) is 0 Å². The minimum Gasteiger partial charge on any atom is -0.326 e. The maximum Gasteiger partial charge on any atom is 0.263 e. The number of anilines is 2. The molecule has 0 spiro atoms. The second kappa shape index (κ2) is 6.11. The highest BCUT2D eigenvalue weighted by Gasteiger charge is 2.24. The Morgan fingerprint density at radius 3 is 2.71 bits per heavy atom. The quantitative estimate of drug-likeness (QED) is 0.770. The van der Waals surface area contributed by atoms with Crippen LogP contribution in [0.1, 0.15) is 44.3 Å². The van der Waals surface area contributed by atoms with Crippen molar-refractivity contribution in [1.29, 1.82) is 0 Å². The first-order valence-electron chi connectivity index (χ1n) is 8.59. The normalized spacial score (nSPS) is 15.2. The summed E-state index contributed by atoms with van der Waals surface area (Å²) < 4.78 is 1.98. The van der Waals surface area contributed by atoms with Crippen molar-refractivity contribution in [3.8, 4) is 0 Å². The Morgan fingerprint density at radius 2 is 2.00 bits per heavy atom. The molecule has 24 heavy (non-hydrogen) atoms. The van der Waals surface area contributed by atoms with E-state index in [0.717, 1.165) is 30.6 Å². The first-order valence-corrected chi connectivity index (χ1v) is 8.59. The zero-order valence-electron chi connectivity index (χ0n) is 13.7. The van der Waals surface area contributed by atoms with Crippen molar-refractivity contribution >= 4 is 22.7 Å². The van der Waals surface area contributed by atoms with Gasteiger partial charge in [-0.05, 0) is 31.4 Å². The summed E-state index contributed by atoms with van der Waals surface area (Å²) in [6.07, 6.45) is 5.37. The molecule has 1 saturated carbocycles. The van der Waals surface area contributed by atoms with E-state index in [1.807, 2.05) is 41.9 Å². The Bertz CT molecular complexity index is 906. The van der Waals surface area contributed by atoms with Crippen LogP contribution in [0.25, 0.3) is 11.0 Å². The molecule has 1 aliphatic rings. The summed E-state index contributed by atoms with van der Waals surface area (Å²) in [4.78, 5) is 20.1. The van der Waals surface area contributed by atoms with Crippen LogP contribution in [0.2, 0.25) is 0 Å². The average molecular weight is 323 g/mol. The molecule has 124 valence electrons. The lowest BCUT2D eigenvalue weighted by atomic mass is 10.2. The highest BCUT2D eigenvalue weighted by atomic mass is 16.1. The van der Waals surface area contributed by atoms with Crippen LogP contribution in [0.4, 0.5) is 11.6 Å². The number of para-hydroxylation sites is 1. The molecule has 1 aliphatic carbocycles. The molecule has 2 N–H and O–H groups in total. The van der Waals surface area contributed by atoms with E-state index < -0.39 is 0 Å². The van der Waals surface area contributed by atoms with Gasteiger partial charge in [0, 0.05) is 5.69 Å². The zero-order valence-corrected chi connectivity index (χ0v) is 13.7. The number of hydrogen-bond donors (Lipinski definition) is 2. The monoisotopic (exact) mass is 323 g/mol. The van der Waals surface area contributed by atoms with Crippen LogP contribution in [0.15, 0.2) is 35.1 Å². The number of hydrogen-bond acceptors (Lipinski definition) is 4. The number of fused-ring (bicyclic) bond motifs is 1. The molecule has 6 heteroatoms. The van der Waals surface area contributed by atoms with Gasteiger partial charge in [-0.1, -0.05) is 38.0 Å². The number of aryl methyl sites for hydroxylation is 1. The summed E-state index contributed by atoms with van der Waals surface area (Å²) in [7, 11) is 0. The van der Waals surface area contributed by atoms with Crippen molar-refractivity contribution in [2.24, 2.45) is 0 Å². The molecular formula is C18H21N5O. The predicted octanol–water partition coefficient (Wildman–Crippen LogP) is 3.54. The van der Waals surface area contributed by atoms with Crippen molar-refractivity contribution in [1.82, 2.24) is 19.7 Å². The minimum atomic E-state index is -0.125. The lowest BCUT2D eigenvalue weighted by molar-refractivity contribution is 0.474. The Balaban J connectivity index is 1.83. The molecule has 2 heterocycles. The first kappa shape index (κ1) is 14.9. The third-order valence-corrected chi connectivity index (χ3v) is 4.68. The third kappa shape index (κ3) is 2.58. The maximum atomic E-state index is 12.6. The van der Waals surface area contributed by atoms with Gasteiger partial charge in [0.05, 0.1) is 11.7 Å². The van der Waals surface area contributed by atoms with E-state index in [0.29, 0.717) is 23.0 Å². The SMILES string of the molecule is CCc1nn(C2CCCC2)c2nc(Nc3ccccc3)[nH]c(=O)c12. The molecule has 0 atom stereocenters. The standard InChI is InChI=1S/C18H21N5O/c1-2-14-15-16(23(22-14)13-10-6-7-11-13)20-18(21-17(15)24)19-12-8-4-3-5-9-12/h3-5,8-9,13H,2,6-7,10-11H2,1H3,(H2,19,20,21,24). The average Bonchev–Trinajstić information content (AvgIpc) is 3.23. The fourth-order valence-corrected chi connectivity index (χ4v) is 3.48. The van der Waals surface area contributed by atoms with Crippen LogP contribution >= 0.6 is 0 Å². The first-order chi connectivity index (χ1) is 11.8. The van der Waals surface area contributed by atoms with E-state index in [-0.39, 0.29) is 5.56 Å². The number of aromatic nitrogens is 4. The molecule has 0 aliphatic heterocycles. The van der Waals surface area contributed by atoms with Crippen molar-refractivity contribution < 1.29 is 0 Å². The molecule has 6 nitrogen and oxygen atoms in total. The Kier molecular flexibility index (Phi) is 3.80. The largest absolute Gasteiger partial charge is 0.326 e. The van der Waals surface area contributed by atoms with Gasteiger partial charge in [-0.2, -0.15) is 10.1 Å². The molecular weight excluding hydrogens is 302 g/mol. The topological polar surface area (TPSA) is 75.6 Å². The Hall–Kier alpha value is -2.63. The highest BCUT2D eigenvalue weighted by Crippen LogP contribution is 2.31. The minimum absolute atomic E-state index is 0.125. The van der Waals surface area contributed by atoms with Crippen LogP contribution in [0, 0.1) is 0 Å². The van der Waals surface area contributed by atoms with E-state index in [2.05, 4.69) is 15.3 Å². The van der Waals surface area contributed by atoms with Gasteiger partial charge in [-0.3, -0.25) is 9.78 Å². The van der Waals surface area contributed by atoms with Crippen LogP contribution in [-0.4, -0.2) is 19.7 Å². The number of H-pyrrole nitrogens is 1. The maximum absolute atomic E-state index is 12.6. The number of benzene rings is 1. The zero-order chi connectivity index (χ0) is 16.5. The van der Waals surface area contributed by atoms with Gasteiger partial charge in [0.1, 0.15) is 5.39 Å². The van der Waals surface area contributed by atoms with Gasteiger partial charge in [0.25, 0.3) is 5.56 Å². The summed E-state index contributed by atoms with van der Waals surface area (Å²) in [5.74, 6) is 0.459. The molecule has 0 saturated heterocycles. The number of rotatable bonds is 4. The lowest BCUT2D eigenvalue weighted by Gasteiger charge is -2.11. The van der Waals surface area contributed by atoms with E-state index in [9.17, 15) is 4.79 Å². The fraction of sp³-hybridized carbons (Fsp3) is 0.389. The molecule has 0 unspecified atom stereocenters. The van der Waals surface area contributed by atoms with Crippen molar-refractivity contribution in [3.63, 3.8) is 0 Å². The number of nitrogens with one attached hydrogen (secondary N) is 2. The van der Waals surface area contributed by atoms with Crippen molar-refractivity contribution in [3.05, 3.63) is 46.4 Å². The summed E-state index contributed by atoms with van der Waals surface area (Å²) in [5, 5.41) is 8.51. The van der Waals surface area contributed by atoms with E-state index >= 15 is 0 Å². The highest BCUT2D eigenvalue weighted by molar-refractivity contribution is 5.79. The van der Waals surface area contributed by atoms with Crippen LogP contribution in [0.3, 0.4) is 0 Å². The fourth-order valence-electron chi connectivity index (χ4n) is 3.48. The van der Waals surface area contributed by atoms with Gasteiger partial charge < -0.3 is 5.32 Å². The second-order valence-corrected chi connectivity index (χ2v) is 6.29. The molecule has 0 bridgehead atoms. The predicted molar refractivity (Wildman–Crippen MR) is 94.8 cm³/mol. The second-order valence-electron chi connectivity index (χ2n) is 6.29. The van der Waals surface area contributed by atoms with Crippen molar-refractivity contribution in [2.75, 3.05) is 5.32 Å². The summed E-state index contributed by atoms with van der Waals surface area (Å²) in [5.41, 5.74) is 2.29. The summed E-state index contributed by atoms with van der Waals surface area (Å²) in [6.45, 7) is 2.02. The van der Waals surface area contributed by atoms with Gasteiger partial charge in [0.2, 0.25) is 5.95 Å². The summed E-state index contributed by atoms with van der Waals surface area (Å²) >= 11 is 0. The third-order valence-electron chi connectivity index (χ3n) is 4.68. The molecule has 1 aromatic carbocycles. The lowest BCUT2D eigenvalue weighted by Crippen LogP contribution is -2.13. The molecule has 3 aromatic rings. The van der Waals surface area contributed by atoms with Gasteiger partial charge in [0.15, 0.2) is 5.65 Å². The Labute approximate surface area is 139 Å². The van der Waals surface area contributed by atoms with E-state index in [4.69, 9.17) is 5.10 Å². The molecule has 0 amide bonds. The molecule has 2 aromatic heterocycles. The van der Waals surface area contributed by atoms with Gasteiger partial charge in [-0.25, -0.2) is 4.68 Å². The molecule has 1 fully saturated rings. The van der Waals surface area contributed by atoms with E-state index in [1.54, 1.807) is 0 Å². The van der Waals surface area contributed by atoms with Crippen LogP contribution in [-0.2, 0) is 6.42 Å². The van der Waals surface area contributed by atoms with E-state index in [1.165, 1.54) is 12.8 Å². The smallest absolute Gasteiger partial charge is 0.263 e. The number of aromatic amines is 1. The summed E-state index contributed by atoms with van der Waals surface area (Å²) in [6, 6.07) is 10.1.